The van der Waals surface area contributed by atoms with Crippen LogP contribution in [0.2, 0.25) is 0 Å². The minimum Gasteiger partial charge on any atom is -0.366 e. The molecule has 2 fully saturated rings. The number of anilines is 1. The van der Waals surface area contributed by atoms with Crippen LogP contribution in [0, 0.1) is 5.92 Å². The fourth-order valence-electron chi connectivity index (χ4n) is 4.08. The standard InChI is InChI=1S/C23H26N6O/c30-22(15-2-1-3-15)11-18-10-20-16(12-26-18)4-5-19(28-20)21-13-25-14-23(29-21)27-17-6-8-24-9-7-17/h4-5,10,12-15,17,24H,1-3,6-9,11H2,(H,27,29). The Hall–Kier alpha value is -2.93. The quantitative estimate of drug-likeness (QED) is 0.654. The van der Waals surface area contributed by atoms with E-state index in [2.05, 4.69) is 20.6 Å². The highest BCUT2D eigenvalue weighted by Crippen LogP contribution is 2.28. The molecule has 0 spiro atoms. The first-order valence-electron chi connectivity index (χ1n) is 10.8. The van der Waals surface area contributed by atoms with Gasteiger partial charge in [0.05, 0.1) is 23.6 Å². The zero-order chi connectivity index (χ0) is 20.3. The number of nitrogens with zero attached hydrogens (tertiary/aromatic N) is 4. The summed E-state index contributed by atoms with van der Waals surface area (Å²) >= 11 is 0. The summed E-state index contributed by atoms with van der Waals surface area (Å²) in [5, 5.41) is 7.82. The molecule has 7 heteroatoms. The topological polar surface area (TPSA) is 92.7 Å². The predicted molar refractivity (Wildman–Crippen MR) is 116 cm³/mol. The van der Waals surface area contributed by atoms with Crippen LogP contribution in [0.5, 0.6) is 0 Å². The predicted octanol–water partition coefficient (Wildman–Crippen LogP) is 3.16. The molecule has 1 aliphatic heterocycles. The van der Waals surface area contributed by atoms with E-state index < -0.39 is 0 Å². The molecule has 0 amide bonds. The lowest BCUT2D eigenvalue weighted by Crippen LogP contribution is -2.35. The van der Waals surface area contributed by atoms with Gasteiger partial charge in [-0.05, 0) is 57.0 Å². The molecule has 1 aliphatic carbocycles. The summed E-state index contributed by atoms with van der Waals surface area (Å²) in [5.41, 5.74) is 3.13. The zero-order valence-corrected chi connectivity index (χ0v) is 17.0. The molecule has 3 aromatic rings. The van der Waals surface area contributed by atoms with Crippen molar-refractivity contribution in [1.82, 2.24) is 25.3 Å². The first kappa shape index (κ1) is 19.1. The van der Waals surface area contributed by atoms with Crippen molar-refractivity contribution in [2.45, 2.75) is 44.6 Å². The van der Waals surface area contributed by atoms with Crippen LogP contribution in [0.1, 0.15) is 37.8 Å². The van der Waals surface area contributed by atoms with Gasteiger partial charge in [0.15, 0.2) is 0 Å². The smallest absolute Gasteiger partial charge is 0.145 e. The summed E-state index contributed by atoms with van der Waals surface area (Å²) in [6.07, 6.45) is 11.1. The molecule has 30 heavy (non-hydrogen) atoms. The molecule has 7 nitrogen and oxygen atoms in total. The molecule has 4 heterocycles. The van der Waals surface area contributed by atoms with Gasteiger partial charge in [0.2, 0.25) is 0 Å². The number of fused-ring (bicyclic) bond motifs is 1. The van der Waals surface area contributed by atoms with Crippen LogP contribution in [0.3, 0.4) is 0 Å². The summed E-state index contributed by atoms with van der Waals surface area (Å²) < 4.78 is 0. The molecule has 2 N–H and O–H groups in total. The van der Waals surface area contributed by atoms with Crippen LogP contribution in [0.15, 0.2) is 36.8 Å². The van der Waals surface area contributed by atoms with E-state index in [1.165, 1.54) is 6.42 Å². The average Bonchev–Trinajstić information content (AvgIpc) is 2.73. The summed E-state index contributed by atoms with van der Waals surface area (Å²) in [7, 11) is 0. The Kier molecular flexibility index (Phi) is 5.36. The highest BCUT2D eigenvalue weighted by molar-refractivity contribution is 5.85. The first-order valence-corrected chi connectivity index (χ1v) is 10.8. The van der Waals surface area contributed by atoms with Crippen molar-refractivity contribution in [1.29, 1.82) is 0 Å². The van der Waals surface area contributed by atoms with E-state index in [0.717, 1.165) is 72.6 Å². The van der Waals surface area contributed by atoms with Crippen LogP contribution in [-0.4, -0.2) is 44.9 Å². The number of carbonyl (C=O) groups excluding carboxylic acids is 1. The third kappa shape index (κ3) is 4.16. The largest absolute Gasteiger partial charge is 0.366 e. The molecule has 0 atom stereocenters. The van der Waals surface area contributed by atoms with Crippen molar-refractivity contribution < 1.29 is 4.79 Å². The van der Waals surface area contributed by atoms with Gasteiger partial charge in [-0.3, -0.25) is 14.8 Å². The number of piperidine rings is 1. The van der Waals surface area contributed by atoms with Gasteiger partial charge < -0.3 is 10.6 Å². The van der Waals surface area contributed by atoms with Gasteiger partial charge in [-0.1, -0.05) is 6.42 Å². The molecule has 2 aliphatic rings. The molecule has 1 saturated carbocycles. The lowest BCUT2D eigenvalue weighted by molar-refractivity contribution is -0.124. The van der Waals surface area contributed by atoms with Gasteiger partial charge in [0.1, 0.15) is 17.3 Å². The summed E-state index contributed by atoms with van der Waals surface area (Å²) in [4.78, 5) is 30.7. The zero-order valence-electron chi connectivity index (χ0n) is 17.0. The molecule has 0 unspecified atom stereocenters. The van der Waals surface area contributed by atoms with Gasteiger partial charge in [0.25, 0.3) is 0 Å². The Morgan fingerprint density at radius 3 is 2.70 bits per heavy atom. The Bertz CT molecular complexity index is 1060. The molecule has 154 valence electrons. The van der Waals surface area contributed by atoms with Crippen molar-refractivity contribution in [2.24, 2.45) is 5.92 Å². The maximum atomic E-state index is 12.3. The van der Waals surface area contributed by atoms with Gasteiger partial charge in [0, 0.05) is 35.7 Å². The van der Waals surface area contributed by atoms with Crippen LogP contribution in [-0.2, 0) is 11.2 Å². The number of hydrogen-bond donors (Lipinski definition) is 2. The summed E-state index contributed by atoms with van der Waals surface area (Å²) in [5.74, 6) is 1.31. The molecule has 5 rings (SSSR count). The molecule has 3 aromatic heterocycles. The van der Waals surface area contributed by atoms with E-state index in [0.29, 0.717) is 18.2 Å². The molecule has 0 aromatic carbocycles. The summed E-state index contributed by atoms with van der Waals surface area (Å²) in [6, 6.07) is 6.29. The van der Waals surface area contributed by atoms with E-state index >= 15 is 0 Å². The summed E-state index contributed by atoms with van der Waals surface area (Å²) in [6.45, 7) is 2.05. The van der Waals surface area contributed by atoms with Gasteiger partial charge in [-0.15, -0.1) is 0 Å². The highest BCUT2D eigenvalue weighted by atomic mass is 16.1. The highest BCUT2D eigenvalue weighted by Gasteiger charge is 2.25. The molecule has 0 bridgehead atoms. The second-order valence-corrected chi connectivity index (χ2v) is 8.29. The average molecular weight is 403 g/mol. The fourth-order valence-corrected chi connectivity index (χ4v) is 4.08. The third-order valence-electron chi connectivity index (χ3n) is 6.13. The monoisotopic (exact) mass is 402 g/mol. The number of nitrogens with one attached hydrogen (secondary N) is 2. The number of pyridine rings is 2. The number of ketones is 1. The van der Waals surface area contributed by atoms with Crippen molar-refractivity contribution in [3.05, 3.63) is 42.5 Å². The van der Waals surface area contributed by atoms with E-state index in [1.807, 2.05) is 18.2 Å². The molecular formula is C23H26N6O. The molecule has 1 saturated heterocycles. The van der Waals surface area contributed by atoms with Crippen molar-refractivity contribution >= 4 is 22.5 Å². The minimum atomic E-state index is 0.229. The van der Waals surface area contributed by atoms with Gasteiger partial charge in [-0.25, -0.2) is 9.97 Å². The van der Waals surface area contributed by atoms with E-state index in [1.54, 1.807) is 18.6 Å². The lowest BCUT2D eigenvalue weighted by atomic mass is 9.81. The maximum absolute atomic E-state index is 12.3. The number of Topliss-reactive ketones (excluding diaryl/α,β-unsaturated/α-hetero) is 1. The minimum absolute atomic E-state index is 0.229. The second kappa shape index (κ2) is 8.44. The maximum Gasteiger partial charge on any atom is 0.145 e. The number of aromatic nitrogens is 4. The number of carbonyl (C=O) groups is 1. The Labute approximate surface area is 175 Å². The molecule has 0 radical (unpaired) electrons. The van der Waals surface area contributed by atoms with Crippen LogP contribution in [0.25, 0.3) is 22.3 Å². The van der Waals surface area contributed by atoms with Crippen LogP contribution in [0.4, 0.5) is 5.82 Å². The second-order valence-electron chi connectivity index (χ2n) is 8.29. The lowest BCUT2D eigenvalue weighted by Gasteiger charge is -2.24. The van der Waals surface area contributed by atoms with Gasteiger partial charge in [-0.2, -0.15) is 0 Å². The number of rotatable bonds is 6. The van der Waals surface area contributed by atoms with Gasteiger partial charge >= 0.3 is 0 Å². The fraction of sp³-hybridized carbons (Fsp3) is 0.435. The van der Waals surface area contributed by atoms with Crippen molar-refractivity contribution in [3.63, 3.8) is 0 Å². The number of hydrogen-bond acceptors (Lipinski definition) is 7. The normalized spacial score (nSPS) is 17.6. The third-order valence-corrected chi connectivity index (χ3v) is 6.13. The Balaban J connectivity index is 1.37. The van der Waals surface area contributed by atoms with Crippen molar-refractivity contribution in [2.75, 3.05) is 18.4 Å². The van der Waals surface area contributed by atoms with Crippen LogP contribution >= 0.6 is 0 Å². The van der Waals surface area contributed by atoms with Crippen molar-refractivity contribution in [3.8, 4) is 11.4 Å². The van der Waals surface area contributed by atoms with E-state index in [-0.39, 0.29) is 5.92 Å². The SMILES string of the molecule is O=C(Cc1cc2nc(-c3cncc(NC4CCNCC4)n3)ccc2cn1)C1CCC1. The molecular weight excluding hydrogens is 376 g/mol. The van der Waals surface area contributed by atoms with E-state index in [4.69, 9.17) is 9.97 Å². The van der Waals surface area contributed by atoms with Crippen LogP contribution < -0.4 is 10.6 Å². The van der Waals surface area contributed by atoms with E-state index in [9.17, 15) is 4.79 Å². The first-order chi connectivity index (χ1) is 14.7. The Morgan fingerprint density at radius 1 is 1.03 bits per heavy atom. The Morgan fingerprint density at radius 2 is 1.90 bits per heavy atom.